The van der Waals surface area contributed by atoms with Crippen molar-refractivity contribution in [2.24, 2.45) is 0 Å². The van der Waals surface area contributed by atoms with Gasteiger partial charge < -0.3 is 19.9 Å². The first-order valence-corrected chi connectivity index (χ1v) is 6.71. The summed E-state index contributed by atoms with van der Waals surface area (Å²) in [5.41, 5.74) is 1.93. The van der Waals surface area contributed by atoms with Gasteiger partial charge in [0.25, 0.3) is 0 Å². The molecule has 2 aromatic rings. The molecule has 0 fully saturated rings. The quantitative estimate of drug-likeness (QED) is 0.851. The van der Waals surface area contributed by atoms with Crippen molar-refractivity contribution in [3.63, 3.8) is 0 Å². The Balaban J connectivity index is 1.74. The summed E-state index contributed by atoms with van der Waals surface area (Å²) in [7, 11) is 0. The molecule has 1 heterocycles. The zero-order valence-electron chi connectivity index (χ0n) is 10.7. The van der Waals surface area contributed by atoms with Crippen LogP contribution in [0.25, 0.3) is 0 Å². The third-order valence-corrected chi connectivity index (χ3v) is 3.30. The van der Waals surface area contributed by atoms with Gasteiger partial charge in [0.05, 0.1) is 5.02 Å². The van der Waals surface area contributed by atoms with Crippen LogP contribution >= 0.6 is 11.6 Å². The number of phenolic OH excluding ortho intramolecular Hbond substituents is 1. The third-order valence-electron chi connectivity index (χ3n) is 3.02. The van der Waals surface area contributed by atoms with Gasteiger partial charge in [0.1, 0.15) is 19.0 Å². The fourth-order valence-electron chi connectivity index (χ4n) is 2.05. The van der Waals surface area contributed by atoms with Gasteiger partial charge in [-0.05, 0) is 42.0 Å². The van der Waals surface area contributed by atoms with E-state index < -0.39 is 0 Å². The molecule has 0 bridgehead atoms. The molecule has 5 heteroatoms. The van der Waals surface area contributed by atoms with Gasteiger partial charge >= 0.3 is 0 Å². The van der Waals surface area contributed by atoms with E-state index in [0.717, 1.165) is 11.3 Å². The standard InChI is InChI=1S/C15H14ClNO3/c16-13-7-10(8-14-15(13)20-6-5-19-14)9-17-11-1-3-12(18)4-2-11/h1-4,7-8,17-18H,5-6,9H2. The average molecular weight is 292 g/mol. The number of nitrogens with one attached hydrogen (secondary N) is 1. The molecule has 104 valence electrons. The number of halogens is 1. The van der Waals surface area contributed by atoms with E-state index in [0.29, 0.717) is 36.3 Å². The van der Waals surface area contributed by atoms with Gasteiger partial charge in [0.15, 0.2) is 11.5 Å². The maximum atomic E-state index is 9.24. The Hall–Kier alpha value is -2.07. The highest BCUT2D eigenvalue weighted by Crippen LogP contribution is 2.38. The van der Waals surface area contributed by atoms with Crippen molar-refractivity contribution in [1.29, 1.82) is 0 Å². The van der Waals surface area contributed by atoms with Gasteiger partial charge in [0.2, 0.25) is 0 Å². The highest BCUT2D eigenvalue weighted by Gasteiger charge is 2.16. The summed E-state index contributed by atoms with van der Waals surface area (Å²) in [4.78, 5) is 0. The summed E-state index contributed by atoms with van der Waals surface area (Å²) in [6.07, 6.45) is 0. The third kappa shape index (κ3) is 2.75. The monoisotopic (exact) mass is 291 g/mol. The maximum Gasteiger partial charge on any atom is 0.179 e. The lowest BCUT2D eigenvalue weighted by molar-refractivity contribution is 0.171. The van der Waals surface area contributed by atoms with Crippen LogP contribution in [0.15, 0.2) is 36.4 Å². The van der Waals surface area contributed by atoms with Crippen molar-refractivity contribution in [2.75, 3.05) is 18.5 Å². The molecule has 1 aliphatic rings. The molecule has 0 aliphatic carbocycles. The normalized spacial score (nSPS) is 13.1. The predicted molar refractivity (Wildman–Crippen MR) is 77.9 cm³/mol. The Morgan fingerprint density at radius 3 is 2.65 bits per heavy atom. The van der Waals surface area contributed by atoms with Crippen LogP contribution in [0, 0.1) is 0 Å². The largest absolute Gasteiger partial charge is 0.508 e. The summed E-state index contributed by atoms with van der Waals surface area (Å²) in [5, 5.41) is 13.1. The molecule has 0 saturated heterocycles. The van der Waals surface area contributed by atoms with Crippen molar-refractivity contribution in [2.45, 2.75) is 6.54 Å². The molecule has 0 radical (unpaired) electrons. The van der Waals surface area contributed by atoms with E-state index >= 15 is 0 Å². The summed E-state index contributed by atoms with van der Waals surface area (Å²) in [6, 6.07) is 10.7. The van der Waals surface area contributed by atoms with Crippen molar-refractivity contribution in [3.05, 3.63) is 47.0 Å². The molecule has 2 N–H and O–H groups in total. The maximum absolute atomic E-state index is 9.24. The van der Waals surface area contributed by atoms with Crippen molar-refractivity contribution >= 4 is 17.3 Å². The molecule has 3 rings (SSSR count). The van der Waals surface area contributed by atoms with Gasteiger partial charge in [-0.25, -0.2) is 0 Å². The van der Waals surface area contributed by atoms with Crippen LogP contribution in [-0.4, -0.2) is 18.3 Å². The second-order valence-corrected chi connectivity index (χ2v) is 4.91. The summed E-state index contributed by atoms with van der Waals surface area (Å²) >= 11 is 6.18. The highest BCUT2D eigenvalue weighted by atomic mass is 35.5. The molecule has 2 aromatic carbocycles. The number of rotatable bonds is 3. The molecule has 0 saturated carbocycles. The number of hydrogen-bond acceptors (Lipinski definition) is 4. The number of anilines is 1. The zero-order valence-corrected chi connectivity index (χ0v) is 11.5. The molecule has 0 aromatic heterocycles. The van der Waals surface area contributed by atoms with Crippen LogP contribution in [0.3, 0.4) is 0 Å². The van der Waals surface area contributed by atoms with Gasteiger partial charge in [-0.2, -0.15) is 0 Å². The van der Waals surface area contributed by atoms with Crippen LogP contribution in [-0.2, 0) is 6.54 Å². The summed E-state index contributed by atoms with van der Waals surface area (Å²) < 4.78 is 11.0. The van der Waals surface area contributed by atoms with E-state index in [-0.39, 0.29) is 5.75 Å². The van der Waals surface area contributed by atoms with Gasteiger partial charge in [0, 0.05) is 12.2 Å². The van der Waals surface area contributed by atoms with Crippen LogP contribution in [0.4, 0.5) is 5.69 Å². The number of hydrogen-bond donors (Lipinski definition) is 2. The Kier molecular flexibility index (Phi) is 3.56. The van der Waals surface area contributed by atoms with Gasteiger partial charge in [-0.15, -0.1) is 0 Å². The van der Waals surface area contributed by atoms with E-state index in [9.17, 15) is 5.11 Å². The van der Waals surface area contributed by atoms with Crippen molar-refractivity contribution in [3.8, 4) is 17.2 Å². The molecule has 0 atom stereocenters. The van der Waals surface area contributed by atoms with E-state index in [1.165, 1.54) is 0 Å². The molecule has 1 aliphatic heterocycles. The van der Waals surface area contributed by atoms with E-state index in [1.807, 2.05) is 24.3 Å². The molecule has 20 heavy (non-hydrogen) atoms. The van der Waals surface area contributed by atoms with Gasteiger partial charge in [-0.3, -0.25) is 0 Å². The Morgan fingerprint density at radius 1 is 1.10 bits per heavy atom. The highest BCUT2D eigenvalue weighted by molar-refractivity contribution is 6.32. The Bertz CT molecular complexity index is 613. The molecule has 0 unspecified atom stereocenters. The van der Waals surface area contributed by atoms with Crippen molar-refractivity contribution < 1.29 is 14.6 Å². The Morgan fingerprint density at radius 2 is 1.85 bits per heavy atom. The first kappa shape index (κ1) is 12.9. The van der Waals surface area contributed by atoms with Crippen molar-refractivity contribution in [1.82, 2.24) is 0 Å². The molecular weight excluding hydrogens is 278 g/mol. The molecule has 0 spiro atoms. The fraction of sp³-hybridized carbons (Fsp3) is 0.200. The minimum Gasteiger partial charge on any atom is -0.508 e. The number of phenols is 1. The molecule has 4 nitrogen and oxygen atoms in total. The number of benzene rings is 2. The molecule has 0 amide bonds. The number of fused-ring (bicyclic) bond motifs is 1. The van der Waals surface area contributed by atoms with Crippen LogP contribution < -0.4 is 14.8 Å². The zero-order chi connectivity index (χ0) is 13.9. The van der Waals surface area contributed by atoms with E-state index in [2.05, 4.69) is 5.32 Å². The minimum absolute atomic E-state index is 0.248. The van der Waals surface area contributed by atoms with Gasteiger partial charge in [-0.1, -0.05) is 11.6 Å². The lowest BCUT2D eigenvalue weighted by atomic mass is 10.2. The smallest absolute Gasteiger partial charge is 0.179 e. The van der Waals surface area contributed by atoms with Crippen LogP contribution in [0.1, 0.15) is 5.56 Å². The summed E-state index contributed by atoms with van der Waals surface area (Å²) in [6.45, 7) is 1.68. The lowest BCUT2D eigenvalue weighted by Crippen LogP contribution is -2.16. The van der Waals surface area contributed by atoms with E-state index in [4.69, 9.17) is 21.1 Å². The first-order chi connectivity index (χ1) is 9.72. The van der Waals surface area contributed by atoms with E-state index in [1.54, 1.807) is 12.1 Å². The number of aromatic hydroxyl groups is 1. The summed E-state index contributed by atoms with van der Waals surface area (Å²) in [5.74, 6) is 1.55. The van der Waals surface area contributed by atoms with Crippen LogP contribution in [0.5, 0.6) is 17.2 Å². The second-order valence-electron chi connectivity index (χ2n) is 4.50. The van der Waals surface area contributed by atoms with Crippen LogP contribution in [0.2, 0.25) is 5.02 Å². The molecular formula is C15H14ClNO3. The predicted octanol–water partition coefficient (Wildman–Crippen LogP) is 3.43. The topological polar surface area (TPSA) is 50.7 Å². The second kappa shape index (κ2) is 5.51. The average Bonchev–Trinajstić information content (AvgIpc) is 2.47. The first-order valence-electron chi connectivity index (χ1n) is 6.33. The Labute approximate surface area is 121 Å². The number of ether oxygens (including phenoxy) is 2. The SMILES string of the molecule is Oc1ccc(NCc2cc(Cl)c3c(c2)OCCO3)cc1. The fourth-order valence-corrected chi connectivity index (χ4v) is 2.34. The lowest BCUT2D eigenvalue weighted by Gasteiger charge is -2.20. The minimum atomic E-state index is 0.248.